The number of hydrogen-bond acceptors (Lipinski definition) is 7. The van der Waals surface area contributed by atoms with Crippen molar-refractivity contribution in [3.8, 4) is 6.01 Å². The Morgan fingerprint density at radius 3 is 2.71 bits per heavy atom. The lowest BCUT2D eigenvalue weighted by Crippen LogP contribution is -2.58. The molecule has 1 spiro atoms. The Morgan fingerprint density at radius 1 is 1.18 bits per heavy atom. The molecule has 0 N–H and O–H groups in total. The van der Waals surface area contributed by atoms with E-state index in [1.54, 1.807) is 6.07 Å². The molecule has 1 amide bonds. The summed E-state index contributed by atoms with van der Waals surface area (Å²) in [6.45, 7) is 8.72. The minimum atomic E-state index is -0.864. The summed E-state index contributed by atoms with van der Waals surface area (Å²) >= 11 is 3.28. The number of alkyl halides is 1. The van der Waals surface area contributed by atoms with Gasteiger partial charge in [0.15, 0.2) is 5.82 Å². The van der Waals surface area contributed by atoms with Gasteiger partial charge >= 0.3 is 12.1 Å². The van der Waals surface area contributed by atoms with Crippen LogP contribution in [0.1, 0.15) is 52.9 Å². The molecule has 2 atom stereocenters. The zero-order valence-electron chi connectivity index (χ0n) is 22.1. The summed E-state index contributed by atoms with van der Waals surface area (Å²) in [6.07, 6.45) is 2.88. The quantitative estimate of drug-likeness (QED) is 0.490. The van der Waals surface area contributed by atoms with E-state index in [1.165, 1.54) is 0 Å². The molecule has 1 aliphatic carbocycles. The minimum absolute atomic E-state index is 0.0902. The van der Waals surface area contributed by atoms with E-state index in [1.807, 2.05) is 31.7 Å². The van der Waals surface area contributed by atoms with Crippen LogP contribution < -0.4 is 9.64 Å². The molecule has 1 aromatic heterocycles. The Balaban J connectivity index is 1.29. The Morgan fingerprint density at radius 2 is 1.97 bits per heavy atom. The number of anilines is 1. The van der Waals surface area contributed by atoms with Crippen LogP contribution in [-0.2, 0) is 4.74 Å². The van der Waals surface area contributed by atoms with Gasteiger partial charge in [0.05, 0.1) is 15.6 Å². The standard InChI is InChI=1S/C27H34BrF2N5O3/c1-25(2,3)38-24(36)35-12-11-33(15-26(35)8-9-26)22-18-5-6-19(28)20(30)21(18)31-23(32-22)37-16-27-7-4-10-34(27)14-17(29)13-27/h5-6,17H,4,7-16H2,1-3H3/t17-,27+/m1/s1. The second-order valence-electron chi connectivity index (χ2n) is 12.2. The number of halogens is 3. The lowest BCUT2D eigenvalue weighted by Gasteiger charge is -2.43. The van der Waals surface area contributed by atoms with E-state index in [-0.39, 0.29) is 35.3 Å². The third-order valence-electron chi connectivity index (χ3n) is 8.34. The summed E-state index contributed by atoms with van der Waals surface area (Å²) in [5, 5.41) is 0.588. The third kappa shape index (κ3) is 4.59. The number of amides is 1. The van der Waals surface area contributed by atoms with Crippen molar-refractivity contribution in [2.75, 3.05) is 44.2 Å². The van der Waals surface area contributed by atoms with Gasteiger partial charge in [-0.3, -0.25) is 9.80 Å². The number of aromatic nitrogens is 2. The summed E-state index contributed by atoms with van der Waals surface area (Å²) < 4.78 is 41.7. The van der Waals surface area contributed by atoms with Crippen molar-refractivity contribution in [3.05, 3.63) is 22.4 Å². The van der Waals surface area contributed by atoms with Crippen LogP contribution in [0.15, 0.2) is 16.6 Å². The second-order valence-corrected chi connectivity index (χ2v) is 13.1. The number of carbonyl (C=O) groups is 1. The van der Waals surface area contributed by atoms with Crippen molar-refractivity contribution in [2.24, 2.45) is 0 Å². The van der Waals surface area contributed by atoms with Crippen LogP contribution in [-0.4, -0.2) is 88.0 Å². The van der Waals surface area contributed by atoms with Gasteiger partial charge in [-0.25, -0.2) is 13.6 Å². The van der Waals surface area contributed by atoms with Crippen LogP contribution in [0, 0.1) is 5.82 Å². The van der Waals surface area contributed by atoms with Crippen LogP contribution in [0.5, 0.6) is 6.01 Å². The topological polar surface area (TPSA) is 71.0 Å². The number of hydrogen-bond donors (Lipinski definition) is 0. The Hall–Kier alpha value is -2.27. The molecule has 1 aromatic carbocycles. The molecule has 2 aromatic rings. The molecular weight excluding hydrogens is 560 g/mol. The number of rotatable bonds is 4. The summed E-state index contributed by atoms with van der Waals surface area (Å²) in [5.74, 6) is 0.108. The normalized spacial score (nSPS) is 26.7. The van der Waals surface area contributed by atoms with Gasteiger partial charge < -0.3 is 14.4 Å². The monoisotopic (exact) mass is 593 g/mol. The first kappa shape index (κ1) is 26.0. The number of benzene rings is 1. The lowest BCUT2D eigenvalue weighted by molar-refractivity contribution is 0.0106. The molecule has 1 saturated carbocycles. The number of carbonyl (C=O) groups excluding carboxylic acids is 1. The van der Waals surface area contributed by atoms with Crippen LogP contribution in [0.3, 0.4) is 0 Å². The van der Waals surface area contributed by atoms with Crippen molar-refractivity contribution in [3.63, 3.8) is 0 Å². The van der Waals surface area contributed by atoms with Crippen molar-refractivity contribution in [1.82, 2.24) is 19.8 Å². The average molecular weight is 595 g/mol. The predicted molar refractivity (Wildman–Crippen MR) is 143 cm³/mol. The van der Waals surface area contributed by atoms with Crippen molar-refractivity contribution in [1.29, 1.82) is 0 Å². The molecule has 0 unspecified atom stereocenters. The Kier molecular flexibility index (Phi) is 6.25. The van der Waals surface area contributed by atoms with Gasteiger partial charge in [0, 0.05) is 38.0 Å². The van der Waals surface area contributed by atoms with E-state index in [0.717, 1.165) is 32.2 Å². The second kappa shape index (κ2) is 9.15. The highest BCUT2D eigenvalue weighted by molar-refractivity contribution is 9.10. The van der Waals surface area contributed by atoms with Gasteiger partial charge in [0.1, 0.15) is 29.7 Å². The van der Waals surface area contributed by atoms with Gasteiger partial charge in [-0.05, 0) is 81.1 Å². The third-order valence-corrected chi connectivity index (χ3v) is 8.95. The Labute approximate surface area is 229 Å². The van der Waals surface area contributed by atoms with E-state index in [4.69, 9.17) is 14.5 Å². The minimum Gasteiger partial charge on any atom is -0.461 e. The molecule has 8 nitrogen and oxygen atoms in total. The molecule has 4 aliphatic rings. The van der Waals surface area contributed by atoms with Gasteiger partial charge in [-0.2, -0.15) is 9.97 Å². The maximum Gasteiger partial charge on any atom is 0.410 e. The zero-order valence-corrected chi connectivity index (χ0v) is 23.7. The van der Waals surface area contributed by atoms with E-state index in [2.05, 4.69) is 30.7 Å². The number of piperazine rings is 1. The SMILES string of the molecule is CC(C)(C)OC(=O)N1CCN(c2nc(OC[C@@]34CCCN3C[C@H](F)C4)nc3c(F)c(Br)ccc23)CC12CC2. The smallest absolute Gasteiger partial charge is 0.410 e. The molecule has 11 heteroatoms. The highest BCUT2D eigenvalue weighted by Crippen LogP contribution is 2.46. The first-order chi connectivity index (χ1) is 18.0. The molecule has 3 aliphatic heterocycles. The van der Waals surface area contributed by atoms with Crippen LogP contribution in [0.2, 0.25) is 0 Å². The summed E-state index contributed by atoms with van der Waals surface area (Å²) in [6, 6.07) is 3.56. The fraction of sp³-hybridized carbons (Fsp3) is 0.667. The predicted octanol–water partition coefficient (Wildman–Crippen LogP) is 5.08. The molecule has 3 saturated heterocycles. The highest BCUT2D eigenvalue weighted by atomic mass is 79.9. The van der Waals surface area contributed by atoms with Crippen LogP contribution in [0.25, 0.3) is 10.9 Å². The fourth-order valence-electron chi connectivity index (χ4n) is 6.39. The first-order valence-corrected chi connectivity index (χ1v) is 14.2. The molecule has 38 heavy (non-hydrogen) atoms. The van der Waals surface area contributed by atoms with Crippen molar-refractivity contribution >= 4 is 38.7 Å². The summed E-state index contributed by atoms with van der Waals surface area (Å²) in [5.41, 5.74) is -1.07. The fourth-order valence-corrected chi connectivity index (χ4v) is 6.71. The zero-order chi connectivity index (χ0) is 26.9. The molecule has 4 fully saturated rings. The van der Waals surface area contributed by atoms with E-state index in [0.29, 0.717) is 48.3 Å². The molecule has 6 rings (SSSR count). The molecule has 0 radical (unpaired) electrons. The van der Waals surface area contributed by atoms with Crippen molar-refractivity contribution < 1.29 is 23.0 Å². The first-order valence-electron chi connectivity index (χ1n) is 13.4. The maximum absolute atomic E-state index is 15.3. The maximum atomic E-state index is 15.3. The number of fused-ring (bicyclic) bond motifs is 2. The molecule has 4 heterocycles. The number of nitrogens with zero attached hydrogens (tertiary/aromatic N) is 5. The molecular formula is C27H34BrF2N5O3. The Bertz CT molecular complexity index is 1270. The van der Waals surface area contributed by atoms with E-state index < -0.39 is 17.6 Å². The highest BCUT2D eigenvalue weighted by Gasteiger charge is 2.55. The summed E-state index contributed by atoms with van der Waals surface area (Å²) in [7, 11) is 0. The largest absolute Gasteiger partial charge is 0.461 e. The van der Waals surface area contributed by atoms with E-state index in [9.17, 15) is 9.18 Å². The van der Waals surface area contributed by atoms with Crippen LogP contribution in [0.4, 0.5) is 19.4 Å². The van der Waals surface area contributed by atoms with Gasteiger partial charge in [0.2, 0.25) is 0 Å². The van der Waals surface area contributed by atoms with Gasteiger partial charge in [-0.1, -0.05) is 0 Å². The van der Waals surface area contributed by atoms with Crippen LogP contribution >= 0.6 is 15.9 Å². The lowest BCUT2D eigenvalue weighted by atomic mass is 9.95. The summed E-state index contributed by atoms with van der Waals surface area (Å²) in [4.78, 5) is 28.3. The molecule has 0 bridgehead atoms. The van der Waals surface area contributed by atoms with Gasteiger partial charge in [-0.15, -0.1) is 0 Å². The number of ether oxygens (including phenoxy) is 2. The van der Waals surface area contributed by atoms with Crippen molar-refractivity contribution in [2.45, 2.75) is 75.7 Å². The van der Waals surface area contributed by atoms with Gasteiger partial charge in [0.25, 0.3) is 0 Å². The average Bonchev–Trinajstić information content (AvgIpc) is 3.37. The van der Waals surface area contributed by atoms with E-state index >= 15 is 4.39 Å². The molecule has 206 valence electrons.